The molecule has 0 saturated carbocycles. The Morgan fingerprint density at radius 1 is 1.18 bits per heavy atom. The lowest BCUT2D eigenvalue weighted by molar-refractivity contribution is 0.0566. The van der Waals surface area contributed by atoms with Gasteiger partial charge in [0.15, 0.2) is 0 Å². The summed E-state index contributed by atoms with van der Waals surface area (Å²) in [5.74, 6) is 0.450. The van der Waals surface area contributed by atoms with E-state index in [1.54, 1.807) is 12.1 Å². The normalized spacial score (nSPS) is 10.3. The number of aryl methyl sites for hydroxylation is 2. The van der Waals surface area contributed by atoms with E-state index in [0.717, 1.165) is 11.1 Å². The van der Waals surface area contributed by atoms with Crippen molar-refractivity contribution in [2.75, 3.05) is 7.11 Å². The minimum absolute atomic E-state index is 0.225. The Kier molecular flexibility index (Phi) is 3.00. The molecular formula is C14H14O3. The van der Waals surface area contributed by atoms with Crippen LogP contribution in [-0.2, 0) is 4.74 Å². The summed E-state index contributed by atoms with van der Waals surface area (Å²) in [6.07, 6.45) is 0. The van der Waals surface area contributed by atoms with Gasteiger partial charge in [-0.1, -0.05) is 23.8 Å². The lowest BCUT2D eigenvalue weighted by atomic mass is 10.0. The molecule has 0 amide bonds. The van der Waals surface area contributed by atoms with E-state index in [1.165, 1.54) is 12.7 Å². The number of methoxy groups -OCH3 is 1. The van der Waals surface area contributed by atoms with Gasteiger partial charge in [0.05, 0.1) is 7.11 Å². The van der Waals surface area contributed by atoms with Crippen molar-refractivity contribution in [1.29, 1.82) is 0 Å². The van der Waals surface area contributed by atoms with Crippen LogP contribution >= 0.6 is 0 Å². The number of hydrogen-bond acceptors (Lipinski definition) is 3. The van der Waals surface area contributed by atoms with Crippen LogP contribution in [0.3, 0.4) is 0 Å². The van der Waals surface area contributed by atoms with E-state index < -0.39 is 5.97 Å². The highest BCUT2D eigenvalue weighted by atomic mass is 16.5. The maximum Gasteiger partial charge on any atom is 0.373 e. The van der Waals surface area contributed by atoms with E-state index in [2.05, 4.69) is 10.8 Å². The average Bonchev–Trinajstić information content (AvgIpc) is 2.77. The first-order chi connectivity index (χ1) is 8.11. The van der Waals surface area contributed by atoms with Gasteiger partial charge in [-0.3, -0.25) is 0 Å². The molecular weight excluding hydrogens is 216 g/mol. The largest absolute Gasteiger partial charge is 0.463 e. The summed E-state index contributed by atoms with van der Waals surface area (Å²) in [4.78, 5) is 11.3. The highest BCUT2D eigenvalue weighted by Gasteiger charge is 2.13. The van der Waals surface area contributed by atoms with Crippen molar-refractivity contribution >= 4 is 5.97 Å². The van der Waals surface area contributed by atoms with Gasteiger partial charge >= 0.3 is 5.97 Å². The van der Waals surface area contributed by atoms with Crippen LogP contribution < -0.4 is 0 Å². The first-order valence-electron chi connectivity index (χ1n) is 5.37. The molecule has 0 saturated heterocycles. The van der Waals surface area contributed by atoms with Crippen molar-refractivity contribution in [3.05, 3.63) is 47.2 Å². The lowest BCUT2D eigenvalue weighted by Crippen LogP contribution is -1.98. The second kappa shape index (κ2) is 4.45. The van der Waals surface area contributed by atoms with Crippen LogP contribution in [0.15, 0.2) is 34.7 Å². The monoisotopic (exact) mass is 230 g/mol. The summed E-state index contributed by atoms with van der Waals surface area (Å²) in [6.45, 7) is 4.06. The van der Waals surface area contributed by atoms with Gasteiger partial charge in [0.2, 0.25) is 5.76 Å². The third-order valence-electron chi connectivity index (χ3n) is 2.64. The number of hydrogen-bond donors (Lipinski definition) is 0. The van der Waals surface area contributed by atoms with Gasteiger partial charge in [0.25, 0.3) is 0 Å². The number of carbonyl (C=O) groups excluding carboxylic acids is 1. The van der Waals surface area contributed by atoms with Crippen LogP contribution in [-0.4, -0.2) is 13.1 Å². The van der Waals surface area contributed by atoms with Gasteiger partial charge in [0, 0.05) is 5.56 Å². The maximum atomic E-state index is 11.3. The molecule has 0 aliphatic rings. The number of rotatable bonds is 2. The third kappa shape index (κ3) is 2.23. The predicted octanol–water partition coefficient (Wildman–Crippen LogP) is 3.35. The summed E-state index contributed by atoms with van der Waals surface area (Å²) < 4.78 is 10.1. The van der Waals surface area contributed by atoms with Gasteiger partial charge in [-0.05, 0) is 31.5 Å². The zero-order valence-corrected chi connectivity index (χ0v) is 10.1. The zero-order chi connectivity index (χ0) is 12.4. The Morgan fingerprint density at radius 3 is 2.59 bits per heavy atom. The van der Waals surface area contributed by atoms with E-state index >= 15 is 0 Å². The van der Waals surface area contributed by atoms with E-state index in [0.29, 0.717) is 5.76 Å². The quantitative estimate of drug-likeness (QED) is 0.743. The molecule has 0 aliphatic heterocycles. The molecule has 0 radical (unpaired) electrons. The van der Waals surface area contributed by atoms with E-state index in [9.17, 15) is 4.79 Å². The van der Waals surface area contributed by atoms with Gasteiger partial charge < -0.3 is 9.15 Å². The third-order valence-corrected chi connectivity index (χ3v) is 2.64. The molecule has 88 valence electrons. The van der Waals surface area contributed by atoms with Crippen molar-refractivity contribution in [1.82, 2.24) is 0 Å². The van der Waals surface area contributed by atoms with Crippen LogP contribution in [0.2, 0.25) is 0 Å². The molecule has 0 unspecified atom stereocenters. The number of ether oxygens (including phenoxy) is 1. The molecule has 3 nitrogen and oxygen atoms in total. The molecule has 17 heavy (non-hydrogen) atoms. The molecule has 1 aromatic heterocycles. The van der Waals surface area contributed by atoms with Gasteiger partial charge in [0.1, 0.15) is 5.76 Å². The van der Waals surface area contributed by atoms with Crippen LogP contribution in [0.4, 0.5) is 0 Å². The van der Waals surface area contributed by atoms with Crippen molar-refractivity contribution in [2.45, 2.75) is 13.8 Å². The van der Waals surface area contributed by atoms with Crippen LogP contribution in [0.1, 0.15) is 21.7 Å². The molecule has 0 bridgehead atoms. The molecule has 0 fully saturated rings. The molecule has 2 rings (SSSR count). The highest BCUT2D eigenvalue weighted by Crippen LogP contribution is 2.26. The van der Waals surface area contributed by atoms with E-state index in [4.69, 9.17) is 4.42 Å². The van der Waals surface area contributed by atoms with Crippen molar-refractivity contribution in [3.63, 3.8) is 0 Å². The van der Waals surface area contributed by atoms with Crippen molar-refractivity contribution < 1.29 is 13.9 Å². The lowest BCUT2D eigenvalue weighted by Gasteiger charge is -2.03. The molecule has 3 heteroatoms. The number of benzene rings is 1. The molecule has 2 aromatic rings. The van der Waals surface area contributed by atoms with Gasteiger partial charge in [-0.2, -0.15) is 0 Å². The van der Waals surface area contributed by atoms with Crippen molar-refractivity contribution in [3.8, 4) is 11.3 Å². The van der Waals surface area contributed by atoms with Gasteiger partial charge in [-0.15, -0.1) is 0 Å². The topological polar surface area (TPSA) is 39.4 Å². The smallest absolute Gasteiger partial charge is 0.373 e. The summed E-state index contributed by atoms with van der Waals surface area (Å²) >= 11 is 0. The average molecular weight is 230 g/mol. The molecule has 1 heterocycles. The summed E-state index contributed by atoms with van der Waals surface area (Å²) in [7, 11) is 1.33. The fourth-order valence-corrected chi connectivity index (χ4v) is 1.78. The fourth-order valence-electron chi connectivity index (χ4n) is 1.78. The SMILES string of the molecule is COC(=O)c1ccc(-c2ccc(C)cc2C)o1. The number of carbonyl (C=O) groups is 1. The fraction of sp³-hybridized carbons (Fsp3) is 0.214. The highest BCUT2D eigenvalue weighted by molar-refractivity contribution is 5.87. The summed E-state index contributed by atoms with van der Waals surface area (Å²) in [5.41, 5.74) is 3.31. The molecule has 0 atom stereocenters. The standard InChI is InChI=1S/C14H14O3/c1-9-4-5-11(10(2)8-9)12-6-7-13(17-12)14(15)16-3/h4-8H,1-3H3. The predicted molar refractivity (Wildman–Crippen MR) is 65.0 cm³/mol. The molecule has 0 N–H and O–H groups in total. The first-order valence-corrected chi connectivity index (χ1v) is 5.37. The van der Waals surface area contributed by atoms with Crippen LogP contribution in [0, 0.1) is 13.8 Å². The van der Waals surface area contributed by atoms with E-state index in [-0.39, 0.29) is 5.76 Å². The first kappa shape index (κ1) is 11.5. The molecule has 0 spiro atoms. The number of esters is 1. The van der Waals surface area contributed by atoms with E-state index in [1.807, 2.05) is 26.0 Å². The Morgan fingerprint density at radius 2 is 1.94 bits per heavy atom. The summed E-state index contributed by atoms with van der Waals surface area (Å²) in [6, 6.07) is 9.49. The second-order valence-electron chi connectivity index (χ2n) is 3.97. The molecule has 0 aliphatic carbocycles. The summed E-state index contributed by atoms with van der Waals surface area (Å²) in [5, 5.41) is 0. The van der Waals surface area contributed by atoms with Crippen molar-refractivity contribution in [2.24, 2.45) is 0 Å². The maximum absolute atomic E-state index is 11.3. The van der Waals surface area contributed by atoms with Gasteiger partial charge in [-0.25, -0.2) is 4.79 Å². The van der Waals surface area contributed by atoms with Crippen LogP contribution in [0.25, 0.3) is 11.3 Å². The number of furan rings is 1. The minimum atomic E-state index is -0.457. The Hall–Kier alpha value is -2.03. The molecule has 1 aromatic carbocycles. The Labute approximate surface area is 100 Å². The Bertz CT molecular complexity index is 552. The zero-order valence-electron chi connectivity index (χ0n) is 10.1. The Balaban J connectivity index is 2.40. The minimum Gasteiger partial charge on any atom is -0.463 e. The second-order valence-corrected chi connectivity index (χ2v) is 3.97. The van der Waals surface area contributed by atoms with Crippen LogP contribution in [0.5, 0.6) is 0 Å².